The summed E-state index contributed by atoms with van der Waals surface area (Å²) >= 11 is 3.24. The van der Waals surface area contributed by atoms with Crippen molar-refractivity contribution in [1.82, 2.24) is 0 Å². The molecule has 0 aliphatic carbocycles. The molecule has 0 atom stereocenters. The average Bonchev–Trinajstić information content (AvgIpc) is 2.39. The Morgan fingerprint density at radius 2 is 1.70 bits per heavy atom. The molecule has 0 unspecified atom stereocenters. The highest BCUT2D eigenvalue weighted by atomic mass is 79.9. The van der Waals surface area contributed by atoms with E-state index in [-0.39, 0.29) is 11.7 Å². The second-order valence-electron chi connectivity index (χ2n) is 4.69. The highest BCUT2D eigenvalue weighted by Crippen LogP contribution is 2.27. The standard InChI is InChI=1S/C16H15BrO3/c1-10(2)20-13-6-3-11(4-7-13)12-5-8-15(17)14(9-12)16(18)19/h3-10H,1-2H3,(H,18,19). The normalized spacial score (nSPS) is 10.6. The summed E-state index contributed by atoms with van der Waals surface area (Å²) in [5.74, 6) is -0.141. The lowest BCUT2D eigenvalue weighted by Crippen LogP contribution is -2.05. The van der Waals surface area contributed by atoms with Crippen LogP contribution >= 0.6 is 15.9 Å². The third kappa shape index (κ3) is 3.39. The predicted octanol–water partition coefficient (Wildman–Crippen LogP) is 4.60. The van der Waals surface area contributed by atoms with E-state index in [2.05, 4.69) is 15.9 Å². The van der Waals surface area contributed by atoms with Gasteiger partial charge in [0.25, 0.3) is 0 Å². The van der Waals surface area contributed by atoms with Crippen molar-refractivity contribution >= 4 is 21.9 Å². The van der Waals surface area contributed by atoms with Crippen LogP contribution in [0, 0.1) is 0 Å². The van der Waals surface area contributed by atoms with E-state index in [1.807, 2.05) is 44.2 Å². The zero-order chi connectivity index (χ0) is 14.7. The number of benzene rings is 2. The lowest BCUT2D eigenvalue weighted by Gasteiger charge is -2.10. The van der Waals surface area contributed by atoms with Gasteiger partial charge < -0.3 is 9.84 Å². The highest BCUT2D eigenvalue weighted by molar-refractivity contribution is 9.10. The molecule has 0 heterocycles. The molecule has 2 rings (SSSR count). The molecule has 4 heteroatoms. The molecule has 0 amide bonds. The van der Waals surface area contributed by atoms with E-state index in [1.165, 1.54) is 0 Å². The number of carbonyl (C=O) groups is 1. The average molecular weight is 335 g/mol. The molecule has 2 aromatic rings. The van der Waals surface area contributed by atoms with Crippen LogP contribution in [0.3, 0.4) is 0 Å². The van der Waals surface area contributed by atoms with Crippen LogP contribution < -0.4 is 4.74 Å². The number of hydrogen-bond acceptors (Lipinski definition) is 2. The molecular weight excluding hydrogens is 320 g/mol. The second kappa shape index (κ2) is 6.09. The Kier molecular flexibility index (Phi) is 4.45. The van der Waals surface area contributed by atoms with Crippen molar-refractivity contribution in [1.29, 1.82) is 0 Å². The van der Waals surface area contributed by atoms with E-state index in [0.717, 1.165) is 16.9 Å². The minimum atomic E-state index is -0.946. The fourth-order valence-corrected chi connectivity index (χ4v) is 2.28. The van der Waals surface area contributed by atoms with Crippen LogP contribution in [0.15, 0.2) is 46.9 Å². The number of halogens is 1. The van der Waals surface area contributed by atoms with Gasteiger partial charge in [-0.25, -0.2) is 4.79 Å². The number of carboxylic acid groups (broad SMARTS) is 1. The zero-order valence-electron chi connectivity index (χ0n) is 11.3. The van der Waals surface area contributed by atoms with Crippen LogP contribution in [0.25, 0.3) is 11.1 Å². The maximum Gasteiger partial charge on any atom is 0.336 e. The number of carboxylic acids is 1. The zero-order valence-corrected chi connectivity index (χ0v) is 12.8. The Morgan fingerprint density at radius 3 is 2.25 bits per heavy atom. The molecule has 0 fully saturated rings. The second-order valence-corrected chi connectivity index (χ2v) is 5.55. The molecule has 0 spiro atoms. The topological polar surface area (TPSA) is 46.5 Å². The maximum absolute atomic E-state index is 11.1. The van der Waals surface area contributed by atoms with Crippen LogP contribution in [0.5, 0.6) is 5.75 Å². The molecule has 0 aromatic heterocycles. The molecule has 0 bridgehead atoms. The van der Waals surface area contributed by atoms with E-state index >= 15 is 0 Å². The molecule has 0 saturated carbocycles. The third-order valence-corrected chi connectivity index (χ3v) is 3.45. The smallest absolute Gasteiger partial charge is 0.336 e. The van der Waals surface area contributed by atoms with Gasteiger partial charge in [-0.15, -0.1) is 0 Å². The summed E-state index contributed by atoms with van der Waals surface area (Å²) in [5, 5.41) is 9.13. The van der Waals surface area contributed by atoms with E-state index in [9.17, 15) is 4.79 Å². The first-order chi connectivity index (χ1) is 9.47. The third-order valence-electron chi connectivity index (χ3n) is 2.76. The summed E-state index contributed by atoms with van der Waals surface area (Å²) in [5.41, 5.74) is 2.07. The van der Waals surface area contributed by atoms with Gasteiger partial charge in [-0.3, -0.25) is 0 Å². The minimum absolute atomic E-state index is 0.132. The lowest BCUT2D eigenvalue weighted by molar-refractivity contribution is 0.0696. The van der Waals surface area contributed by atoms with Gasteiger partial charge in [-0.05, 0) is 65.2 Å². The molecule has 104 valence electrons. The van der Waals surface area contributed by atoms with E-state index in [4.69, 9.17) is 9.84 Å². The quantitative estimate of drug-likeness (QED) is 0.888. The molecule has 0 radical (unpaired) electrons. The van der Waals surface area contributed by atoms with Gasteiger partial charge in [-0.1, -0.05) is 18.2 Å². The maximum atomic E-state index is 11.1. The summed E-state index contributed by atoms with van der Waals surface area (Å²) in [6.07, 6.45) is 0.132. The van der Waals surface area contributed by atoms with E-state index in [1.54, 1.807) is 12.1 Å². The Hall–Kier alpha value is -1.81. The molecule has 3 nitrogen and oxygen atoms in total. The number of rotatable bonds is 4. The van der Waals surface area contributed by atoms with Crippen molar-refractivity contribution in [3.8, 4) is 16.9 Å². The van der Waals surface area contributed by atoms with Gasteiger partial charge in [0.2, 0.25) is 0 Å². The molecule has 1 N–H and O–H groups in total. The highest BCUT2D eigenvalue weighted by Gasteiger charge is 2.10. The Morgan fingerprint density at radius 1 is 1.10 bits per heavy atom. The first-order valence-corrected chi connectivity index (χ1v) is 7.06. The summed E-state index contributed by atoms with van der Waals surface area (Å²) in [6, 6.07) is 12.9. The molecule has 0 saturated heterocycles. The molecule has 0 aliphatic heterocycles. The Balaban J connectivity index is 2.32. The van der Waals surface area contributed by atoms with Crippen LogP contribution in [-0.4, -0.2) is 17.2 Å². The number of ether oxygens (including phenoxy) is 1. The van der Waals surface area contributed by atoms with Crippen molar-refractivity contribution < 1.29 is 14.6 Å². The van der Waals surface area contributed by atoms with Gasteiger partial charge in [0.1, 0.15) is 5.75 Å². The van der Waals surface area contributed by atoms with Gasteiger partial charge in [0.05, 0.1) is 11.7 Å². The van der Waals surface area contributed by atoms with Crippen molar-refractivity contribution in [2.45, 2.75) is 20.0 Å². The minimum Gasteiger partial charge on any atom is -0.491 e. The Labute approximate surface area is 126 Å². The molecule has 2 aromatic carbocycles. The first kappa shape index (κ1) is 14.6. The summed E-state index contributed by atoms with van der Waals surface area (Å²) in [7, 11) is 0. The molecule has 0 aliphatic rings. The summed E-state index contributed by atoms with van der Waals surface area (Å²) < 4.78 is 6.16. The van der Waals surface area contributed by atoms with Gasteiger partial charge >= 0.3 is 5.97 Å². The van der Waals surface area contributed by atoms with Crippen LogP contribution in [0.4, 0.5) is 0 Å². The van der Waals surface area contributed by atoms with Crippen LogP contribution in [0.2, 0.25) is 0 Å². The largest absolute Gasteiger partial charge is 0.491 e. The summed E-state index contributed by atoms with van der Waals surface area (Å²) in [4.78, 5) is 11.1. The van der Waals surface area contributed by atoms with E-state index < -0.39 is 5.97 Å². The SMILES string of the molecule is CC(C)Oc1ccc(-c2ccc(Br)c(C(=O)O)c2)cc1. The lowest BCUT2D eigenvalue weighted by atomic mass is 10.0. The monoisotopic (exact) mass is 334 g/mol. The van der Waals surface area contributed by atoms with Crippen molar-refractivity contribution in [3.05, 3.63) is 52.5 Å². The first-order valence-electron chi connectivity index (χ1n) is 6.27. The number of hydrogen-bond donors (Lipinski definition) is 1. The fourth-order valence-electron chi connectivity index (χ4n) is 1.87. The Bertz CT molecular complexity index is 618. The van der Waals surface area contributed by atoms with Gasteiger partial charge in [-0.2, -0.15) is 0 Å². The summed E-state index contributed by atoms with van der Waals surface area (Å²) in [6.45, 7) is 3.95. The van der Waals surface area contributed by atoms with Crippen molar-refractivity contribution in [3.63, 3.8) is 0 Å². The van der Waals surface area contributed by atoms with Gasteiger partial charge in [0.15, 0.2) is 0 Å². The van der Waals surface area contributed by atoms with Crippen LogP contribution in [-0.2, 0) is 0 Å². The predicted molar refractivity (Wildman–Crippen MR) is 82.3 cm³/mol. The van der Waals surface area contributed by atoms with Crippen LogP contribution in [0.1, 0.15) is 24.2 Å². The fraction of sp³-hybridized carbons (Fsp3) is 0.188. The molecule has 20 heavy (non-hydrogen) atoms. The molecular formula is C16H15BrO3. The van der Waals surface area contributed by atoms with Crippen molar-refractivity contribution in [2.75, 3.05) is 0 Å². The van der Waals surface area contributed by atoms with Gasteiger partial charge in [0, 0.05) is 4.47 Å². The van der Waals surface area contributed by atoms with E-state index in [0.29, 0.717) is 4.47 Å². The number of aromatic carboxylic acids is 1. The van der Waals surface area contributed by atoms with Crippen molar-refractivity contribution in [2.24, 2.45) is 0 Å².